The van der Waals surface area contributed by atoms with Crippen LogP contribution in [0.15, 0.2) is 18.2 Å². The quantitative estimate of drug-likeness (QED) is 0.829. The lowest BCUT2D eigenvalue weighted by Crippen LogP contribution is -2.47. The van der Waals surface area contributed by atoms with Crippen LogP contribution in [0.4, 0.5) is 5.69 Å². The topological polar surface area (TPSA) is 62.8 Å². The van der Waals surface area contributed by atoms with Crippen LogP contribution in [0.3, 0.4) is 0 Å². The molecule has 0 radical (unpaired) electrons. The zero-order valence-electron chi connectivity index (χ0n) is 16.4. The first kappa shape index (κ1) is 18.4. The number of rotatable bonds is 5. The monoisotopic (exact) mass is 373 g/mol. The first-order valence-electron chi connectivity index (χ1n) is 10.2. The second kappa shape index (κ2) is 7.97. The van der Waals surface area contributed by atoms with Crippen molar-refractivity contribution >= 4 is 11.6 Å². The molecular weight excluding hydrogens is 342 g/mol. The molecule has 2 aliphatic heterocycles. The molecule has 2 N–H and O–H groups in total. The minimum absolute atomic E-state index is 0.0101. The molecule has 1 aromatic rings. The largest absolute Gasteiger partial charge is 0.497 e. The molecule has 6 heteroatoms. The second-order valence-electron chi connectivity index (χ2n) is 8.12. The van der Waals surface area contributed by atoms with Gasteiger partial charge in [0.1, 0.15) is 11.5 Å². The molecule has 0 spiro atoms. The number of nitrogens with one attached hydrogen (secondary N) is 2. The van der Waals surface area contributed by atoms with Gasteiger partial charge in [0.25, 0.3) is 0 Å². The van der Waals surface area contributed by atoms with E-state index in [2.05, 4.69) is 15.5 Å². The molecule has 1 aliphatic carbocycles. The van der Waals surface area contributed by atoms with E-state index in [4.69, 9.17) is 9.47 Å². The lowest BCUT2D eigenvalue weighted by molar-refractivity contribution is -0.123. The summed E-state index contributed by atoms with van der Waals surface area (Å²) < 4.78 is 10.8. The first-order valence-corrected chi connectivity index (χ1v) is 10.2. The predicted molar refractivity (Wildman–Crippen MR) is 106 cm³/mol. The van der Waals surface area contributed by atoms with E-state index in [1.807, 2.05) is 18.2 Å². The summed E-state index contributed by atoms with van der Waals surface area (Å²) >= 11 is 0. The van der Waals surface area contributed by atoms with Crippen molar-refractivity contribution in [2.75, 3.05) is 32.2 Å². The number of hydrogen-bond donors (Lipinski definition) is 2. The highest BCUT2D eigenvalue weighted by atomic mass is 16.5. The minimum atomic E-state index is -0.0101. The van der Waals surface area contributed by atoms with Gasteiger partial charge in [0.15, 0.2) is 0 Å². The van der Waals surface area contributed by atoms with E-state index < -0.39 is 0 Å². The molecule has 6 nitrogen and oxygen atoms in total. The van der Waals surface area contributed by atoms with Gasteiger partial charge in [-0.15, -0.1) is 0 Å². The van der Waals surface area contributed by atoms with Crippen molar-refractivity contribution < 1.29 is 14.3 Å². The molecule has 2 heterocycles. The number of nitrogens with zero attached hydrogens (tertiary/aromatic N) is 1. The van der Waals surface area contributed by atoms with E-state index in [1.54, 1.807) is 14.2 Å². The van der Waals surface area contributed by atoms with E-state index in [9.17, 15) is 4.79 Å². The average molecular weight is 373 g/mol. The molecule has 1 amide bonds. The molecule has 4 rings (SSSR count). The Morgan fingerprint density at radius 1 is 1.11 bits per heavy atom. The van der Waals surface area contributed by atoms with Crippen LogP contribution in [-0.4, -0.2) is 51.3 Å². The minimum Gasteiger partial charge on any atom is -0.497 e. The number of anilines is 1. The smallest absolute Gasteiger partial charge is 0.237 e. The lowest BCUT2D eigenvalue weighted by atomic mass is 9.85. The molecule has 27 heavy (non-hydrogen) atoms. The van der Waals surface area contributed by atoms with E-state index in [0.717, 1.165) is 43.1 Å². The predicted octanol–water partition coefficient (Wildman–Crippen LogP) is 2.32. The van der Waals surface area contributed by atoms with Gasteiger partial charge in [-0.05, 0) is 31.6 Å². The molecule has 3 fully saturated rings. The van der Waals surface area contributed by atoms with Gasteiger partial charge in [-0.1, -0.05) is 12.8 Å². The Balaban J connectivity index is 1.34. The first-order chi connectivity index (χ1) is 13.2. The number of hydrogen-bond acceptors (Lipinski definition) is 5. The molecule has 0 aromatic heterocycles. The van der Waals surface area contributed by atoms with Gasteiger partial charge in [-0.3, -0.25) is 4.79 Å². The summed E-state index contributed by atoms with van der Waals surface area (Å²) in [6.45, 7) is 1.74. The van der Waals surface area contributed by atoms with E-state index in [-0.39, 0.29) is 18.0 Å². The molecule has 2 saturated heterocycles. The van der Waals surface area contributed by atoms with Crippen molar-refractivity contribution in [3.8, 4) is 11.5 Å². The van der Waals surface area contributed by atoms with Gasteiger partial charge in [0.2, 0.25) is 5.91 Å². The number of carbonyl (C=O) groups excluding carboxylic acids is 1. The van der Waals surface area contributed by atoms with Gasteiger partial charge < -0.3 is 25.0 Å². The maximum atomic E-state index is 12.8. The van der Waals surface area contributed by atoms with Gasteiger partial charge >= 0.3 is 0 Å². The zero-order valence-corrected chi connectivity index (χ0v) is 16.4. The number of carbonyl (C=O) groups is 1. The molecule has 0 bridgehead atoms. The van der Waals surface area contributed by atoms with Crippen molar-refractivity contribution in [1.29, 1.82) is 0 Å². The normalized spacial score (nSPS) is 30.1. The Labute approximate surface area is 161 Å². The number of amides is 1. The Morgan fingerprint density at radius 2 is 1.85 bits per heavy atom. The number of benzene rings is 1. The van der Waals surface area contributed by atoms with Crippen LogP contribution in [0.2, 0.25) is 0 Å². The van der Waals surface area contributed by atoms with E-state index >= 15 is 0 Å². The van der Waals surface area contributed by atoms with Crippen LogP contribution in [0, 0.1) is 5.92 Å². The van der Waals surface area contributed by atoms with Crippen LogP contribution in [0.25, 0.3) is 0 Å². The summed E-state index contributed by atoms with van der Waals surface area (Å²) in [5.74, 6) is 2.45. The van der Waals surface area contributed by atoms with Crippen LogP contribution in [-0.2, 0) is 4.79 Å². The van der Waals surface area contributed by atoms with Crippen LogP contribution in [0.1, 0.15) is 38.5 Å². The molecule has 148 valence electrons. The molecular formula is C21H31N3O3. The third kappa shape index (κ3) is 4.00. The van der Waals surface area contributed by atoms with E-state index in [0.29, 0.717) is 12.0 Å². The van der Waals surface area contributed by atoms with Gasteiger partial charge in [0.05, 0.1) is 20.3 Å². The summed E-state index contributed by atoms with van der Waals surface area (Å²) in [6.07, 6.45) is 7.08. The van der Waals surface area contributed by atoms with Gasteiger partial charge in [-0.25, -0.2) is 0 Å². The van der Waals surface area contributed by atoms with Crippen molar-refractivity contribution in [3.63, 3.8) is 0 Å². The summed E-state index contributed by atoms with van der Waals surface area (Å²) in [6, 6.07) is 6.66. The molecule has 1 aromatic carbocycles. The summed E-state index contributed by atoms with van der Waals surface area (Å²) in [7, 11) is 3.33. The Morgan fingerprint density at radius 3 is 2.56 bits per heavy atom. The fourth-order valence-corrected chi connectivity index (χ4v) is 4.91. The van der Waals surface area contributed by atoms with Crippen molar-refractivity contribution in [2.45, 2.75) is 56.7 Å². The van der Waals surface area contributed by atoms with Gasteiger partial charge in [0, 0.05) is 49.1 Å². The highest BCUT2D eigenvalue weighted by Gasteiger charge is 2.39. The van der Waals surface area contributed by atoms with E-state index in [1.165, 1.54) is 25.7 Å². The number of fused-ring (bicyclic) bond motifs is 1. The molecule has 4 atom stereocenters. The highest BCUT2D eigenvalue weighted by molar-refractivity contribution is 5.82. The molecule has 3 aliphatic rings. The maximum absolute atomic E-state index is 12.8. The Hall–Kier alpha value is -1.95. The fourth-order valence-electron chi connectivity index (χ4n) is 4.91. The van der Waals surface area contributed by atoms with Crippen LogP contribution >= 0.6 is 0 Å². The highest BCUT2D eigenvalue weighted by Crippen LogP contribution is 2.34. The summed E-state index contributed by atoms with van der Waals surface area (Å²) in [5, 5.41) is 6.86. The maximum Gasteiger partial charge on any atom is 0.237 e. The number of ether oxygens (including phenoxy) is 2. The number of methoxy groups -OCH3 is 2. The van der Waals surface area contributed by atoms with Crippen molar-refractivity contribution in [1.82, 2.24) is 10.6 Å². The summed E-state index contributed by atoms with van der Waals surface area (Å²) in [5.41, 5.74) is 1.08. The third-order valence-corrected chi connectivity index (χ3v) is 6.42. The van der Waals surface area contributed by atoms with Crippen LogP contribution < -0.4 is 25.0 Å². The summed E-state index contributed by atoms with van der Waals surface area (Å²) in [4.78, 5) is 15.0. The zero-order chi connectivity index (χ0) is 18.8. The standard InChI is InChI=1S/C21H31N3O3/c1-26-17-10-16(11-18(12-17)27-2)24-8-7-15(13-24)22-21(25)20-9-14-5-3-4-6-19(14)23-20/h10-12,14-15,19-20,23H,3-9,13H2,1-2H3,(H,22,25). The average Bonchev–Trinajstić information content (AvgIpc) is 3.34. The fraction of sp³-hybridized carbons (Fsp3) is 0.667. The van der Waals surface area contributed by atoms with Crippen molar-refractivity contribution in [2.24, 2.45) is 5.92 Å². The van der Waals surface area contributed by atoms with Crippen LogP contribution in [0.5, 0.6) is 11.5 Å². The van der Waals surface area contributed by atoms with Gasteiger partial charge in [-0.2, -0.15) is 0 Å². The second-order valence-corrected chi connectivity index (χ2v) is 8.12. The van der Waals surface area contributed by atoms with Crippen molar-refractivity contribution in [3.05, 3.63) is 18.2 Å². The molecule has 4 unspecified atom stereocenters. The Kier molecular flexibility index (Phi) is 5.43. The molecule has 1 saturated carbocycles. The SMILES string of the molecule is COc1cc(OC)cc(N2CCC(NC(=O)C3CC4CCCCC4N3)C2)c1. The lowest BCUT2D eigenvalue weighted by Gasteiger charge is -2.24. The Bertz CT molecular complexity index is 644. The third-order valence-electron chi connectivity index (χ3n) is 6.42.